The number of hydrogen-bond donors (Lipinski definition) is 2. The average Bonchev–Trinajstić information content (AvgIpc) is 3.05. The normalized spacial score (nSPS) is 14.5. The first-order chi connectivity index (χ1) is 14.4. The van der Waals surface area contributed by atoms with E-state index in [2.05, 4.69) is 12.1 Å². The molecular weight excluding hydrogens is 378 g/mol. The molecule has 5 nitrogen and oxygen atoms in total. The Morgan fingerprint density at radius 3 is 2.03 bits per heavy atom. The Morgan fingerprint density at radius 1 is 0.933 bits per heavy atom. The Bertz CT molecular complexity index is 1080. The third-order valence-corrected chi connectivity index (χ3v) is 5.76. The van der Waals surface area contributed by atoms with Crippen molar-refractivity contribution < 1.29 is 19.4 Å². The number of carboxylic acid groups (broad SMARTS) is 1. The number of ether oxygens (including phenoxy) is 1. The molecule has 0 saturated carbocycles. The van der Waals surface area contributed by atoms with Gasteiger partial charge in [-0.25, -0.2) is 4.79 Å². The molecule has 152 valence electrons. The number of aryl methyl sites for hydroxylation is 1. The van der Waals surface area contributed by atoms with Crippen LogP contribution in [0.5, 0.6) is 0 Å². The average molecular weight is 401 g/mol. The van der Waals surface area contributed by atoms with E-state index >= 15 is 0 Å². The Labute approximate surface area is 175 Å². The maximum Gasteiger partial charge on any atom is 0.331 e. The highest BCUT2D eigenvalue weighted by molar-refractivity contribution is 5.88. The molecule has 0 unspecified atom stereocenters. The van der Waals surface area contributed by atoms with E-state index in [1.165, 1.54) is 0 Å². The lowest BCUT2D eigenvalue weighted by Gasteiger charge is -2.28. The molecule has 4 rings (SSSR count). The summed E-state index contributed by atoms with van der Waals surface area (Å²) in [6, 6.07) is 23.1. The van der Waals surface area contributed by atoms with Crippen molar-refractivity contribution in [1.29, 1.82) is 0 Å². The van der Waals surface area contributed by atoms with Gasteiger partial charge in [0.1, 0.15) is 6.61 Å². The molecule has 0 aromatic heterocycles. The number of rotatable bonds is 6. The fourth-order valence-electron chi connectivity index (χ4n) is 4.32. The maximum atomic E-state index is 13.1. The summed E-state index contributed by atoms with van der Waals surface area (Å²) < 4.78 is 5.69. The standard InChI is InChI=1S/C25H23NO4/c1-16-8-2-7-13-22(16)25(26,14-23(27)28)24(29)30-15-21-19-11-5-3-9-17(19)18-10-4-6-12-20(18)21/h2-13,21H,14-15,26H2,1H3,(H,27,28)/t25-/m1/s1. The zero-order chi connectivity index (χ0) is 21.3. The molecule has 1 atom stereocenters. The summed E-state index contributed by atoms with van der Waals surface area (Å²) >= 11 is 0. The van der Waals surface area contributed by atoms with Crippen molar-refractivity contribution >= 4 is 11.9 Å². The highest BCUT2D eigenvalue weighted by Gasteiger charge is 2.42. The SMILES string of the molecule is Cc1ccccc1[C@](N)(CC(=O)O)C(=O)OCC1c2ccccc2-c2ccccc21. The van der Waals surface area contributed by atoms with Crippen LogP contribution in [0.25, 0.3) is 11.1 Å². The zero-order valence-corrected chi connectivity index (χ0v) is 16.7. The van der Waals surface area contributed by atoms with Gasteiger partial charge in [-0.1, -0.05) is 72.8 Å². The third-order valence-electron chi connectivity index (χ3n) is 5.76. The molecule has 30 heavy (non-hydrogen) atoms. The van der Waals surface area contributed by atoms with Crippen LogP contribution in [0.2, 0.25) is 0 Å². The van der Waals surface area contributed by atoms with E-state index in [0.717, 1.165) is 27.8 Å². The second-order valence-corrected chi connectivity index (χ2v) is 7.68. The first-order valence-corrected chi connectivity index (χ1v) is 9.84. The van der Waals surface area contributed by atoms with Crippen molar-refractivity contribution in [2.75, 3.05) is 6.61 Å². The smallest absolute Gasteiger partial charge is 0.331 e. The van der Waals surface area contributed by atoms with Crippen LogP contribution in [0.4, 0.5) is 0 Å². The lowest BCUT2D eigenvalue weighted by molar-refractivity contribution is -0.155. The number of aliphatic carboxylic acids is 1. The van der Waals surface area contributed by atoms with Gasteiger partial charge in [-0.15, -0.1) is 0 Å². The van der Waals surface area contributed by atoms with Crippen molar-refractivity contribution in [2.45, 2.75) is 24.8 Å². The molecule has 5 heteroatoms. The molecular formula is C25H23NO4. The highest BCUT2D eigenvalue weighted by atomic mass is 16.5. The van der Waals surface area contributed by atoms with Gasteiger partial charge < -0.3 is 15.6 Å². The summed E-state index contributed by atoms with van der Waals surface area (Å²) in [7, 11) is 0. The van der Waals surface area contributed by atoms with Crippen molar-refractivity contribution in [3.05, 3.63) is 95.1 Å². The minimum Gasteiger partial charge on any atom is -0.481 e. The topological polar surface area (TPSA) is 89.6 Å². The number of carbonyl (C=O) groups excluding carboxylic acids is 1. The van der Waals surface area contributed by atoms with E-state index in [-0.39, 0.29) is 12.5 Å². The molecule has 0 radical (unpaired) electrons. The van der Waals surface area contributed by atoms with Gasteiger partial charge in [0, 0.05) is 5.92 Å². The Kier molecular flexibility index (Phi) is 5.14. The van der Waals surface area contributed by atoms with E-state index < -0.39 is 23.9 Å². The molecule has 3 aromatic carbocycles. The molecule has 0 heterocycles. The molecule has 1 aliphatic carbocycles. The lowest BCUT2D eigenvalue weighted by Crippen LogP contribution is -2.48. The summed E-state index contributed by atoms with van der Waals surface area (Å²) in [5.74, 6) is -2.01. The summed E-state index contributed by atoms with van der Waals surface area (Å²) in [5.41, 5.74) is 10.3. The van der Waals surface area contributed by atoms with E-state index in [1.54, 1.807) is 25.1 Å². The van der Waals surface area contributed by atoms with Gasteiger partial charge in [0.2, 0.25) is 0 Å². The van der Waals surface area contributed by atoms with Crippen LogP contribution in [0, 0.1) is 6.92 Å². The highest BCUT2D eigenvalue weighted by Crippen LogP contribution is 2.44. The second kappa shape index (κ2) is 7.76. The van der Waals surface area contributed by atoms with Crippen LogP contribution >= 0.6 is 0 Å². The summed E-state index contributed by atoms with van der Waals surface area (Å²) in [4.78, 5) is 24.6. The molecule has 0 fully saturated rings. The molecule has 0 amide bonds. The number of hydrogen-bond acceptors (Lipinski definition) is 4. The first kappa shape index (κ1) is 19.9. The van der Waals surface area contributed by atoms with Crippen LogP contribution < -0.4 is 5.73 Å². The summed E-state index contributed by atoms with van der Waals surface area (Å²) in [6.45, 7) is 1.90. The minimum absolute atomic E-state index is 0.0946. The quantitative estimate of drug-likeness (QED) is 0.610. The monoisotopic (exact) mass is 401 g/mol. The van der Waals surface area contributed by atoms with Crippen molar-refractivity contribution in [2.24, 2.45) is 5.73 Å². The van der Waals surface area contributed by atoms with Crippen molar-refractivity contribution in [1.82, 2.24) is 0 Å². The molecule has 0 aliphatic heterocycles. The number of benzene rings is 3. The largest absolute Gasteiger partial charge is 0.481 e. The number of nitrogens with two attached hydrogens (primary N) is 1. The van der Waals surface area contributed by atoms with E-state index in [0.29, 0.717) is 5.56 Å². The minimum atomic E-state index is -1.76. The first-order valence-electron chi connectivity index (χ1n) is 9.84. The number of carbonyl (C=O) groups is 2. The maximum absolute atomic E-state index is 13.1. The molecule has 3 N–H and O–H groups in total. The van der Waals surface area contributed by atoms with E-state index in [4.69, 9.17) is 10.5 Å². The molecule has 1 aliphatic rings. The molecule has 0 bridgehead atoms. The van der Waals surface area contributed by atoms with Crippen LogP contribution in [-0.2, 0) is 19.9 Å². The predicted molar refractivity (Wildman–Crippen MR) is 114 cm³/mol. The second-order valence-electron chi connectivity index (χ2n) is 7.68. The Balaban J connectivity index is 1.63. The Morgan fingerprint density at radius 2 is 1.47 bits per heavy atom. The Hall–Kier alpha value is -3.44. The van der Waals surface area contributed by atoms with Gasteiger partial charge in [0.25, 0.3) is 0 Å². The number of carboxylic acids is 1. The number of esters is 1. The van der Waals surface area contributed by atoms with Gasteiger partial charge in [-0.2, -0.15) is 0 Å². The molecule has 3 aromatic rings. The fourth-order valence-corrected chi connectivity index (χ4v) is 4.32. The van der Waals surface area contributed by atoms with Gasteiger partial charge in [-0.05, 0) is 40.3 Å². The van der Waals surface area contributed by atoms with Gasteiger partial charge in [0.15, 0.2) is 5.54 Å². The lowest BCUT2D eigenvalue weighted by atomic mass is 9.85. The summed E-state index contributed by atoms with van der Waals surface area (Å²) in [5, 5.41) is 9.40. The van der Waals surface area contributed by atoms with E-state index in [1.807, 2.05) is 42.5 Å². The van der Waals surface area contributed by atoms with Gasteiger partial charge in [0.05, 0.1) is 6.42 Å². The van der Waals surface area contributed by atoms with Crippen LogP contribution in [0.3, 0.4) is 0 Å². The van der Waals surface area contributed by atoms with Crippen LogP contribution in [0.1, 0.15) is 34.6 Å². The molecule has 0 spiro atoms. The van der Waals surface area contributed by atoms with E-state index in [9.17, 15) is 14.7 Å². The zero-order valence-electron chi connectivity index (χ0n) is 16.7. The van der Waals surface area contributed by atoms with Crippen molar-refractivity contribution in [3.63, 3.8) is 0 Å². The predicted octanol–water partition coefficient (Wildman–Crippen LogP) is 3.98. The fraction of sp³-hybridized carbons (Fsp3) is 0.200. The molecule has 0 saturated heterocycles. The van der Waals surface area contributed by atoms with Gasteiger partial charge >= 0.3 is 11.9 Å². The van der Waals surface area contributed by atoms with Gasteiger partial charge in [-0.3, -0.25) is 4.79 Å². The number of fused-ring (bicyclic) bond motifs is 3. The summed E-state index contributed by atoms with van der Waals surface area (Å²) in [6.07, 6.45) is -0.547. The van der Waals surface area contributed by atoms with Crippen molar-refractivity contribution in [3.8, 4) is 11.1 Å². The van der Waals surface area contributed by atoms with Crippen LogP contribution in [-0.4, -0.2) is 23.7 Å². The third kappa shape index (κ3) is 3.37. The van der Waals surface area contributed by atoms with Crippen LogP contribution in [0.15, 0.2) is 72.8 Å².